The molecule has 7 heteroatoms. The maximum absolute atomic E-state index is 12.7. The third-order valence-corrected chi connectivity index (χ3v) is 4.62. The predicted octanol–water partition coefficient (Wildman–Crippen LogP) is 3.36. The van der Waals surface area contributed by atoms with Crippen LogP contribution in [-0.4, -0.2) is 35.5 Å². The molecule has 2 rings (SSSR count). The molecule has 0 saturated heterocycles. The molecule has 7 nitrogen and oxygen atoms in total. The number of carbonyl (C=O) groups excluding carboxylic acids is 3. The number of methoxy groups -OCH3 is 1. The largest absolute Gasteiger partial charge is 0.469 e. The fraction of sp³-hybridized carbons (Fsp3) is 0.409. The van der Waals surface area contributed by atoms with Crippen LogP contribution in [0.2, 0.25) is 0 Å². The Morgan fingerprint density at radius 1 is 1.21 bits per heavy atom. The average molecular weight is 400 g/mol. The van der Waals surface area contributed by atoms with Crippen LogP contribution in [0, 0.1) is 6.92 Å². The average Bonchev–Trinajstić information content (AvgIpc) is 3.08. The normalized spacial score (nSPS) is 15.5. The van der Waals surface area contributed by atoms with Crippen molar-refractivity contribution in [3.8, 4) is 0 Å². The summed E-state index contributed by atoms with van der Waals surface area (Å²) in [5, 5.41) is 2.80. The first-order valence-corrected chi connectivity index (χ1v) is 9.36. The lowest BCUT2D eigenvalue weighted by atomic mass is 10.0. The summed E-state index contributed by atoms with van der Waals surface area (Å²) >= 11 is 0. The van der Waals surface area contributed by atoms with Crippen LogP contribution in [0.25, 0.3) is 6.08 Å². The van der Waals surface area contributed by atoms with E-state index in [0.29, 0.717) is 34.6 Å². The number of H-pyrrole nitrogens is 1. The van der Waals surface area contributed by atoms with Crippen LogP contribution in [0.5, 0.6) is 0 Å². The summed E-state index contributed by atoms with van der Waals surface area (Å²) in [7, 11) is 1.33. The van der Waals surface area contributed by atoms with Crippen molar-refractivity contribution in [2.45, 2.75) is 53.1 Å². The van der Waals surface area contributed by atoms with Gasteiger partial charge in [0.05, 0.1) is 7.11 Å². The highest BCUT2D eigenvalue weighted by atomic mass is 16.6. The van der Waals surface area contributed by atoms with E-state index < -0.39 is 11.6 Å². The molecule has 2 heterocycles. The summed E-state index contributed by atoms with van der Waals surface area (Å²) < 4.78 is 10.2. The van der Waals surface area contributed by atoms with Gasteiger partial charge in [-0.05, 0) is 63.8 Å². The lowest BCUT2D eigenvalue weighted by Crippen LogP contribution is -2.24. The van der Waals surface area contributed by atoms with E-state index in [9.17, 15) is 14.4 Å². The maximum atomic E-state index is 12.7. The summed E-state index contributed by atoms with van der Waals surface area (Å²) in [6.07, 6.45) is 3.75. The molecule has 0 saturated carbocycles. The second-order valence-electron chi connectivity index (χ2n) is 7.85. The second-order valence-corrected chi connectivity index (χ2v) is 7.85. The van der Waals surface area contributed by atoms with E-state index in [4.69, 9.17) is 9.47 Å². The van der Waals surface area contributed by atoms with Gasteiger partial charge in [-0.2, -0.15) is 0 Å². The fourth-order valence-corrected chi connectivity index (χ4v) is 3.08. The molecule has 0 spiro atoms. The van der Waals surface area contributed by atoms with E-state index in [2.05, 4.69) is 16.9 Å². The maximum Gasteiger partial charge on any atom is 0.355 e. The number of hydrogen-bond donors (Lipinski definition) is 2. The minimum absolute atomic E-state index is 0.136. The molecule has 0 atom stereocenters. The first-order valence-electron chi connectivity index (χ1n) is 9.36. The Morgan fingerprint density at radius 3 is 2.38 bits per heavy atom. The van der Waals surface area contributed by atoms with Gasteiger partial charge in [0.1, 0.15) is 11.3 Å². The van der Waals surface area contributed by atoms with Gasteiger partial charge in [-0.25, -0.2) is 4.79 Å². The minimum Gasteiger partial charge on any atom is -0.469 e. The molecule has 0 unspecified atom stereocenters. The number of carbonyl (C=O) groups is 3. The molecule has 0 radical (unpaired) electrons. The zero-order valence-electron chi connectivity index (χ0n) is 17.8. The van der Waals surface area contributed by atoms with Crippen molar-refractivity contribution >= 4 is 23.9 Å². The Morgan fingerprint density at radius 2 is 1.86 bits per heavy atom. The molecule has 1 aromatic rings. The summed E-state index contributed by atoms with van der Waals surface area (Å²) in [4.78, 5) is 39.5. The SMILES string of the molecule is C=CC1=C(C)/C(=C/c2[nH]c(C(=O)OC(C)(C)C)c(CCC(=O)OC)c2C)NC1=O. The quantitative estimate of drug-likeness (QED) is 0.714. The summed E-state index contributed by atoms with van der Waals surface area (Å²) in [5.41, 5.74) is 3.69. The van der Waals surface area contributed by atoms with Gasteiger partial charge in [-0.3, -0.25) is 9.59 Å². The van der Waals surface area contributed by atoms with Crippen LogP contribution >= 0.6 is 0 Å². The zero-order valence-corrected chi connectivity index (χ0v) is 17.8. The van der Waals surface area contributed by atoms with Gasteiger partial charge >= 0.3 is 11.9 Å². The molecule has 156 valence electrons. The molecular formula is C22H28N2O5. The van der Waals surface area contributed by atoms with Gasteiger partial charge < -0.3 is 19.8 Å². The molecule has 29 heavy (non-hydrogen) atoms. The molecule has 0 aliphatic carbocycles. The Labute approximate surface area is 170 Å². The Kier molecular flexibility index (Phi) is 6.51. The van der Waals surface area contributed by atoms with Crippen LogP contribution in [-0.2, 0) is 25.5 Å². The van der Waals surface area contributed by atoms with Crippen LogP contribution in [0.4, 0.5) is 0 Å². The van der Waals surface area contributed by atoms with Crippen molar-refractivity contribution in [3.63, 3.8) is 0 Å². The van der Waals surface area contributed by atoms with E-state index in [-0.39, 0.29) is 18.3 Å². The van der Waals surface area contributed by atoms with Crippen molar-refractivity contribution in [2.24, 2.45) is 0 Å². The molecule has 0 aromatic carbocycles. The number of ether oxygens (including phenoxy) is 2. The van der Waals surface area contributed by atoms with E-state index in [0.717, 1.165) is 11.1 Å². The number of allylic oxidation sites excluding steroid dienone is 1. The van der Waals surface area contributed by atoms with Crippen LogP contribution < -0.4 is 5.32 Å². The van der Waals surface area contributed by atoms with Gasteiger partial charge in [0.25, 0.3) is 5.91 Å². The third-order valence-electron chi connectivity index (χ3n) is 4.62. The molecule has 1 aliphatic heterocycles. The molecule has 2 N–H and O–H groups in total. The summed E-state index contributed by atoms with van der Waals surface area (Å²) in [6, 6.07) is 0. The van der Waals surface area contributed by atoms with Crippen molar-refractivity contribution in [2.75, 3.05) is 7.11 Å². The standard InChI is InChI=1S/C22H28N2O5/c1-8-14-12(2)17(24-20(14)26)11-16-13(3)15(9-10-18(25)28-7)19(23-16)21(27)29-22(4,5)6/h8,11,23H,1,9-10H2,2-7H3,(H,24,26)/b17-11-. The monoisotopic (exact) mass is 400 g/mol. The summed E-state index contributed by atoms with van der Waals surface area (Å²) in [6.45, 7) is 12.7. The third kappa shape index (κ3) is 5.04. The number of nitrogens with one attached hydrogen (secondary N) is 2. The number of aromatic nitrogens is 1. The Hall–Kier alpha value is -3.09. The van der Waals surface area contributed by atoms with Crippen LogP contribution in [0.15, 0.2) is 29.5 Å². The molecule has 0 fully saturated rings. The molecule has 0 bridgehead atoms. The van der Waals surface area contributed by atoms with Crippen molar-refractivity contribution in [1.82, 2.24) is 10.3 Å². The topological polar surface area (TPSA) is 97.5 Å². The summed E-state index contributed by atoms with van der Waals surface area (Å²) in [5.74, 6) is -1.08. The van der Waals surface area contributed by atoms with Gasteiger partial charge in [0, 0.05) is 23.4 Å². The van der Waals surface area contributed by atoms with Gasteiger partial charge in [0.2, 0.25) is 0 Å². The van der Waals surface area contributed by atoms with E-state index in [1.165, 1.54) is 13.2 Å². The lowest BCUT2D eigenvalue weighted by molar-refractivity contribution is -0.140. The van der Waals surface area contributed by atoms with E-state index >= 15 is 0 Å². The molecule has 1 amide bonds. The highest BCUT2D eigenvalue weighted by Crippen LogP contribution is 2.28. The van der Waals surface area contributed by atoms with Crippen LogP contribution in [0.3, 0.4) is 0 Å². The van der Waals surface area contributed by atoms with E-state index in [1.807, 2.05) is 13.8 Å². The number of esters is 2. The molecule has 1 aliphatic rings. The minimum atomic E-state index is -0.661. The second kappa shape index (κ2) is 8.51. The fourth-order valence-electron chi connectivity index (χ4n) is 3.08. The van der Waals surface area contributed by atoms with Crippen molar-refractivity contribution < 1.29 is 23.9 Å². The Balaban J connectivity index is 2.49. The van der Waals surface area contributed by atoms with Crippen LogP contribution in [0.1, 0.15) is 61.4 Å². The molecular weight excluding hydrogens is 372 g/mol. The molecule has 1 aromatic heterocycles. The predicted molar refractivity (Wildman–Crippen MR) is 110 cm³/mol. The Bertz CT molecular complexity index is 926. The van der Waals surface area contributed by atoms with Gasteiger partial charge in [0.15, 0.2) is 0 Å². The number of rotatable bonds is 6. The first-order chi connectivity index (χ1) is 13.5. The highest BCUT2D eigenvalue weighted by Gasteiger charge is 2.26. The number of hydrogen-bond acceptors (Lipinski definition) is 5. The number of amides is 1. The first kappa shape index (κ1) is 22.2. The highest BCUT2D eigenvalue weighted by molar-refractivity contribution is 6.03. The van der Waals surface area contributed by atoms with Gasteiger partial charge in [-0.1, -0.05) is 12.7 Å². The lowest BCUT2D eigenvalue weighted by Gasteiger charge is -2.19. The smallest absolute Gasteiger partial charge is 0.355 e. The van der Waals surface area contributed by atoms with Crippen molar-refractivity contribution in [3.05, 3.63) is 52.0 Å². The van der Waals surface area contributed by atoms with E-state index in [1.54, 1.807) is 26.8 Å². The van der Waals surface area contributed by atoms with Crippen molar-refractivity contribution in [1.29, 1.82) is 0 Å². The number of aromatic amines is 1. The zero-order chi connectivity index (χ0) is 21.9. The van der Waals surface area contributed by atoms with Gasteiger partial charge in [-0.15, -0.1) is 0 Å².